The number of rotatable bonds is 6. The van der Waals surface area contributed by atoms with Crippen molar-refractivity contribution >= 4 is 6.03 Å². The van der Waals surface area contributed by atoms with Crippen molar-refractivity contribution in [2.75, 3.05) is 58.9 Å². The van der Waals surface area contributed by atoms with E-state index in [1.807, 2.05) is 6.92 Å². The molecule has 134 valence electrons. The molecule has 0 radical (unpaired) electrons. The summed E-state index contributed by atoms with van der Waals surface area (Å²) in [6.07, 6.45) is 2.66. The predicted molar refractivity (Wildman–Crippen MR) is 92.5 cm³/mol. The van der Waals surface area contributed by atoms with E-state index in [2.05, 4.69) is 22.0 Å². The molecule has 0 aromatic rings. The Labute approximate surface area is 140 Å². The Morgan fingerprint density at radius 3 is 2.48 bits per heavy atom. The maximum absolute atomic E-state index is 12.1. The van der Waals surface area contributed by atoms with Gasteiger partial charge >= 0.3 is 6.03 Å². The molecular formula is C17H34N4O2. The van der Waals surface area contributed by atoms with Crippen LogP contribution in [0.1, 0.15) is 33.1 Å². The van der Waals surface area contributed by atoms with Crippen LogP contribution in [0.25, 0.3) is 0 Å². The zero-order valence-corrected chi connectivity index (χ0v) is 14.8. The topological polar surface area (TPSA) is 59.0 Å². The molecule has 23 heavy (non-hydrogen) atoms. The molecule has 6 heteroatoms. The normalized spacial score (nSPS) is 27.2. The van der Waals surface area contributed by atoms with E-state index in [1.165, 1.54) is 26.2 Å². The van der Waals surface area contributed by atoms with E-state index in [1.54, 1.807) is 4.90 Å². The lowest BCUT2D eigenvalue weighted by Gasteiger charge is -2.34. The Morgan fingerprint density at radius 1 is 1.13 bits per heavy atom. The summed E-state index contributed by atoms with van der Waals surface area (Å²) in [7, 11) is 0. The van der Waals surface area contributed by atoms with Gasteiger partial charge in [-0.25, -0.2) is 4.79 Å². The van der Waals surface area contributed by atoms with Crippen LogP contribution >= 0.6 is 0 Å². The lowest BCUT2D eigenvalue weighted by atomic mass is 9.96. The number of likely N-dealkylation sites (N-methyl/N-ethyl adjacent to an activating group) is 1. The van der Waals surface area contributed by atoms with Gasteiger partial charge in [0.05, 0.1) is 6.10 Å². The van der Waals surface area contributed by atoms with Crippen LogP contribution in [0.3, 0.4) is 0 Å². The summed E-state index contributed by atoms with van der Waals surface area (Å²) < 4.78 is 0. The molecule has 2 aliphatic rings. The molecule has 2 atom stereocenters. The van der Waals surface area contributed by atoms with E-state index in [4.69, 9.17) is 0 Å². The standard InChI is InChI=1S/C17H34N4O2/c1-3-19-10-12-20(13-11-19)8-5-4-7-18-17(23)21-9-6-15(2)16(22)14-21/h15-16,22H,3-14H2,1-2H3,(H,18,23). The average molecular weight is 326 g/mol. The zero-order valence-electron chi connectivity index (χ0n) is 14.8. The lowest BCUT2D eigenvalue weighted by Crippen LogP contribution is -2.49. The number of likely N-dealkylation sites (tertiary alicyclic amines) is 1. The molecular weight excluding hydrogens is 292 g/mol. The third kappa shape index (κ3) is 5.94. The molecule has 2 amide bonds. The van der Waals surface area contributed by atoms with Crippen molar-refractivity contribution in [3.8, 4) is 0 Å². The first kappa shape index (κ1) is 18.5. The van der Waals surface area contributed by atoms with Crippen molar-refractivity contribution in [1.82, 2.24) is 20.0 Å². The van der Waals surface area contributed by atoms with Gasteiger partial charge < -0.3 is 25.1 Å². The number of unbranched alkanes of at least 4 members (excludes halogenated alkanes) is 1. The molecule has 2 rings (SSSR count). The van der Waals surface area contributed by atoms with Crippen LogP contribution < -0.4 is 5.32 Å². The number of hydrogen-bond acceptors (Lipinski definition) is 4. The summed E-state index contributed by atoms with van der Waals surface area (Å²) in [5.41, 5.74) is 0. The molecule has 0 saturated carbocycles. The minimum atomic E-state index is -0.378. The largest absolute Gasteiger partial charge is 0.391 e. The lowest BCUT2D eigenvalue weighted by molar-refractivity contribution is 0.0436. The molecule has 2 saturated heterocycles. The fourth-order valence-corrected chi connectivity index (χ4v) is 3.33. The highest BCUT2D eigenvalue weighted by atomic mass is 16.3. The first-order valence-corrected chi connectivity index (χ1v) is 9.25. The SMILES string of the molecule is CCN1CCN(CCCCNC(=O)N2CCC(C)C(O)C2)CC1. The van der Waals surface area contributed by atoms with Crippen molar-refractivity contribution in [2.45, 2.75) is 39.2 Å². The van der Waals surface area contributed by atoms with Crippen LogP contribution in [0, 0.1) is 5.92 Å². The number of amides is 2. The fourth-order valence-electron chi connectivity index (χ4n) is 3.33. The smallest absolute Gasteiger partial charge is 0.317 e. The van der Waals surface area contributed by atoms with Gasteiger partial charge in [0.15, 0.2) is 0 Å². The fraction of sp³-hybridized carbons (Fsp3) is 0.941. The van der Waals surface area contributed by atoms with Crippen LogP contribution in [0.5, 0.6) is 0 Å². The van der Waals surface area contributed by atoms with Gasteiger partial charge in [-0.1, -0.05) is 13.8 Å². The van der Waals surface area contributed by atoms with E-state index in [0.29, 0.717) is 12.5 Å². The van der Waals surface area contributed by atoms with Crippen LogP contribution in [0.15, 0.2) is 0 Å². The minimum absolute atomic E-state index is 0.0208. The number of carbonyl (C=O) groups excluding carboxylic acids is 1. The number of urea groups is 1. The molecule has 2 fully saturated rings. The van der Waals surface area contributed by atoms with Crippen LogP contribution in [-0.2, 0) is 0 Å². The number of aliphatic hydroxyl groups is 1. The van der Waals surface area contributed by atoms with Gasteiger partial charge in [0, 0.05) is 45.8 Å². The summed E-state index contributed by atoms with van der Waals surface area (Å²) in [4.78, 5) is 18.8. The van der Waals surface area contributed by atoms with Gasteiger partial charge in [0.2, 0.25) is 0 Å². The van der Waals surface area contributed by atoms with E-state index in [0.717, 1.165) is 45.4 Å². The van der Waals surface area contributed by atoms with Crippen LogP contribution in [0.2, 0.25) is 0 Å². The minimum Gasteiger partial charge on any atom is -0.391 e. The second kappa shape index (κ2) is 9.45. The number of nitrogens with zero attached hydrogens (tertiary/aromatic N) is 3. The second-order valence-corrected chi connectivity index (χ2v) is 6.99. The second-order valence-electron chi connectivity index (χ2n) is 6.99. The van der Waals surface area contributed by atoms with Crippen molar-refractivity contribution in [2.24, 2.45) is 5.92 Å². The summed E-state index contributed by atoms with van der Waals surface area (Å²) in [5.74, 6) is 0.298. The zero-order chi connectivity index (χ0) is 16.7. The Hall–Kier alpha value is -0.850. The third-order valence-electron chi connectivity index (χ3n) is 5.30. The Balaban J connectivity index is 1.51. The number of piperidine rings is 1. The Bertz CT molecular complexity index is 359. The highest BCUT2D eigenvalue weighted by molar-refractivity contribution is 5.74. The molecule has 2 N–H and O–H groups in total. The summed E-state index contributed by atoms with van der Waals surface area (Å²) in [5, 5.41) is 12.8. The maximum atomic E-state index is 12.1. The highest BCUT2D eigenvalue weighted by Gasteiger charge is 2.26. The molecule has 0 aliphatic carbocycles. The van der Waals surface area contributed by atoms with Gasteiger partial charge in [-0.05, 0) is 38.3 Å². The van der Waals surface area contributed by atoms with Gasteiger partial charge in [0.25, 0.3) is 0 Å². The van der Waals surface area contributed by atoms with E-state index >= 15 is 0 Å². The first-order chi connectivity index (χ1) is 11.1. The molecule has 2 unspecified atom stereocenters. The van der Waals surface area contributed by atoms with Crippen molar-refractivity contribution in [1.29, 1.82) is 0 Å². The van der Waals surface area contributed by atoms with Gasteiger partial charge in [-0.3, -0.25) is 0 Å². The van der Waals surface area contributed by atoms with E-state index < -0.39 is 0 Å². The average Bonchev–Trinajstić information content (AvgIpc) is 2.57. The summed E-state index contributed by atoms with van der Waals surface area (Å²) >= 11 is 0. The number of nitrogens with one attached hydrogen (secondary N) is 1. The Morgan fingerprint density at radius 2 is 1.83 bits per heavy atom. The monoisotopic (exact) mass is 326 g/mol. The molecule has 6 nitrogen and oxygen atoms in total. The molecule has 2 aliphatic heterocycles. The van der Waals surface area contributed by atoms with Crippen molar-refractivity contribution in [3.63, 3.8) is 0 Å². The number of carbonyl (C=O) groups is 1. The number of piperazine rings is 1. The maximum Gasteiger partial charge on any atom is 0.317 e. The van der Waals surface area contributed by atoms with Crippen LogP contribution in [-0.4, -0.2) is 90.8 Å². The molecule has 0 aromatic carbocycles. The molecule has 0 aromatic heterocycles. The quantitative estimate of drug-likeness (QED) is 0.710. The number of hydrogen-bond donors (Lipinski definition) is 2. The van der Waals surface area contributed by atoms with E-state index in [9.17, 15) is 9.90 Å². The molecule has 2 heterocycles. The van der Waals surface area contributed by atoms with Gasteiger partial charge in [0.1, 0.15) is 0 Å². The number of β-amino-alcohol motifs (C(OH)–C–C–N with tert-alkyl or cyclic N) is 1. The molecule has 0 spiro atoms. The third-order valence-corrected chi connectivity index (χ3v) is 5.30. The van der Waals surface area contributed by atoms with Crippen LogP contribution in [0.4, 0.5) is 4.79 Å². The van der Waals surface area contributed by atoms with Crippen molar-refractivity contribution in [3.05, 3.63) is 0 Å². The highest BCUT2D eigenvalue weighted by Crippen LogP contribution is 2.16. The van der Waals surface area contributed by atoms with Gasteiger partial charge in [-0.2, -0.15) is 0 Å². The van der Waals surface area contributed by atoms with Crippen molar-refractivity contribution < 1.29 is 9.90 Å². The summed E-state index contributed by atoms with van der Waals surface area (Å²) in [6, 6.07) is -0.0208. The first-order valence-electron chi connectivity index (χ1n) is 9.25. The number of aliphatic hydroxyl groups excluding tert-OH is 1. The van der Waals surface area contributed by atoms with E-state index in [-0.39, 0.29) is 12.1 Å². The predicted octanol–water partition coefficient (Wildman–Crippen LogP) is 0.816. The van der Waals surface area contributed by atoms with Gasteiger partial charge in [-0.15, -0.1) is 0 Å². The molecule has 0 bridgehead atoms. The Kier molecular flexibility index (Phi) is 7.59. The summed E-state index contributed by atoms with van der Waals surface area (Å²) in [6.45, 7) is 13.2.